The lowest BCUT2D eigenvalue weighted by Gasteiger charge is -2.31. The maximum absolute atomic E-state index is 12.6. The van der Waals surface area contributed by atoms with Gasteiger partial charge in [-0.1, -0.05) is 12.1 Å². The Morgan fingerprint density at radius 2 is 2.00 bits per heavy atom. The number of benzene rings is 1. The van der Waals surface area contributed by atoms with Crippen molar-refractivity contribution in [2.45, 2.75) is 33.2 Å². The zero-order valence-corrected chi connectivity index (χ0v) is 17.8. The molecule has 31 heavy (non-hydrogen) atoms. The molecule has 1 aliphatic heterocycles. The number of likely N-dealkylation sites (tertiary alicyclic amines) is 1. The van der Waals surface area contributed by atoms with Crippen LogP contribution >= 0.6 is 0 Å². The first-order valence-electron chi connectivity index (χ1n) is 10.7. The first-order chi connectivity index (χ1) is 15.1. The van der Waals surface area contributed by atoms with Gasteiger partial charge in [-0.3, -0.25) is 9.69 Å². The number of ether oxygens (including phenoxy) is 2. The maximum atomic E-state index is 12.6. The van der Waals surface area contributed by atoms with E-state index < -0.39 is 5.97 Å². The number of aromatic nitrogens is 4. The normalized spacial score (nSPS) is 17.0. The first kappa shape index (κ1) is 21.0. The monoisotopic (exact) mass is 425 g/mol. The highest BCUT2D eigenvalue weighted by molar-refractivity contribution is 5.90. The van der Waals surface area contributed by atoms with Crippen LogP contribution in [0.2, 0.25) is 0 Å². The molecule has 164 valence electrons. The molecule has 0 amide bonds. The highest BCUT2D eigenvalue weighted by atomic mass is 16.5. The Morgan fingerprint density at radius 1 is 1.19 bits per heavy atom. The van der Waals surface area contributed by atoms with Gasteiger partial charge in [0, 0.05) is 13.1 Å². The van der Waals surface area contributed by atoms with Crippen LogP contribution in [-0.4, -0.2) is 62.9 Å². The standard InChI is InChI=1S/C22H27N5O4/c1-3-30-20(28)15-8-7-11-26(13-15)14-19-16(21(29)31-4-2)12-23-27(19)22-24-17-9-5-6-10-18(17)25-22/h5-6,9-10,12,15H,3-4,7-8,11,13-14H2,1-2H3,(H,24,25)/t15-/m0/s1. The Balaban J connectivity index is 1.65. The lowest BCUT2D eigenvalue weighted by Crippen LogP contribution is -2.39. The van der Waals surface area contributed by atoms with Crippen molar-refractivity contribution in [3.63, 3.8) is 0 Å². The summed E-state index contributed by atoms with van der Waals surface area (Å²) in [6, 6.07) is 7.71. The Labute approximate surface area is 180 Å². The molecule has 1 N–H and O–H groups in total. The quantitative estimate of drug-likeness (QED) is 0.581. The number of nitrogens with one attached hydrogen (secondary N) is 1. The predicted molar refractivity (Wildman–Crippen MR) is 114 cm³/mol. The fourth-order valence-corrected chi connectivity index (χ4v) is 3.99. The van der Waals surface area contributed by atoms with E-state index in [0.717, 1.165) is 30.4 Å². The molecule has 0 radical (unpaired) electrons. The van der Waals surface area contributed by atoms with Crippen molar-refractivity contribution in [3.8, 4) is 5.95 Å². The van der Waals surface area contributed by atoms with Crippen molar-refractivity contribution in [1.29, 1.82) is 0 Å². The van der Waals surface area contributed by atoms with E-state index in [1.165, 1.54) is 6.20 Å². The highest BCUT2D eigenvalue weighted by Gasteiger charge is 2.29. The number of piperidine rings is 1. The maximum Gasteiger partial charge on any atom is 0.341 e. The summed E-state index contributed by atoms with van der Waals surface area (Å²) >= 11 is 0. The molecule has 9 nitrogen and oxygen atoms in total. The second-order valence-corrected chi connectivity index (χ2v) is 7.54. The molecule has 1 saturated heterocycles. The number of rotatable bonds is 7. The van der Waals surface area contributed by atoms with E-state index >= 15 is 0 Å². The minimum Gasteiger partial charge on any atom is -0.466 e. The van der Waals surface area contributed by atoms with E-state index in [0.29, 0.717) is 36.9 Å². The second-order valence-electron chi connectivity index (χ2n) is 7.54. The molecule has 1 fully saturated rings. The summed E-state index contributed by atoms with van der Waals surface area (Å²) in [7, 11) is 0. The smallest absolute Gasteiger partial charge is 0.341 e. The van der Waals surface area contributed by atoms with Crippen LogP contribution in [-0.2, 0) is 20.8 Å². The fraction of sp³-hybridized carbons (Fsp3) is 0.455. The molecular formula is C22H27N5O4. The third-order valence-corrected chi connectivity index (χ3v) is 5.44. The van der Waals surface area contributed by atoms with Crippen molar-refractivity contribution in [2.24, 2.45) is 5.92 Å². The molecule has 4 rings (SSSR count). The number of hydrogen-bond donors (Lipinski definition) is 1. The van der Waals surface area contributed by atoms with Gasteiger partial charge in [0.2, 0.25) is 5.95 Å². The topological polar surface area (TPSA) is 102 Å². The minimum absolute atomic E-state index is 0.163. The lowest BCUT2D eigenvalue weighted by atomic mass is 9.98. The number of carbonyl (C=O) groups is 2. The number of esters is 2. The van der Waals surface area contributed by atoms with Crippen molar-refractivity contribution in [3.05, 3.63) is 41.7 Å². The van der Waals surface area contributed by atoms with E-state index in [-0.39, 0.29) is 18.5 Å². The van der Waals surface area contributed by atoms with E-state index in [4.69, 9.17) is 9.47 Å². The Morgan fingerprint density at radius 3 is 2.77 bits per heavy atom. The third-order valence-electron chi connectivity index (χ3n) is 5.44. The van der Waals surface area contributed by atoms with Gasteiger partial charge in [-0.2, -0.15) is 5.10 Å². The molecule has 0 unspecified atom stereocenters. The summed E-state index contributed by atoms with van der Waals surface area (Å²) in [4.78, 5) is 34.9. The van der Waals surface area contributed by atoms with Gasteiger partial charge in [-0.15, -0.1) is 0 Å². The summed E-state index contributed by atoms with van der Waals surface area (Å²) < 4.78 is 12.1. The zero-order valence-electron chi connectivity index (χ0n) is 17.8. The van der Waals surface area contributed by atoms with Gasteiger partial charge in [0.15, 0.2) is 0 Å². The molecule has 1 aromatic carbocycles. The van der Waals surface area contributed by atoms with E-state index in [1.807, 2.05) is 31.2 Å². The fourth-order valence-electron chi connectivity index (χ4n) is 3.99. The Hall–Kier alpha value is -3.20. The largest absolute Gasteiger partial charge is 0.466 e. The summed E-state index contributed by atoms with van der Waals surface area (Å²) in [6.45, 7) is 6.09. The number of fused-ring (bicyclic) bond motifs is 1. The van der Waals surface area contributed by atoms with Crippen LogP contribution in [0.4, 0.5) is 0 Å². The number of H-pyrrole nitrogens is 1. The van der Waals surface area contributed by atoms with Crippen molar-refractivity contribution >= 4 is 23.0 Å². The van der Waals surface area contributed by atoms with Crippen molar-refractivity contribution in [1.82, 2.24) is 24.6 Å². The van der Waals surface area contributed by atoms with Crippen LogP contribution < -0.4 is 0 Å². The number of nitrogens with zero attached hydrogens (tertiary/aromatic N) is 4. The third kappa shape index (κ3) is 4.46. The highest BCUT2D eigenvalue weighted by Crippen LogP contribution is 2.23. The molecule has 0 aliphatic carbocycles. The minimum atomic E-state index is -0.418. The lowest BCUT2D eigenvalue weighted by molar-refractivity contribution is -0.150. The van der Waals surface area contributed by atoms with Crippen molar-refractivity contribution in [2.75, 3.05) is 26.3 Å². The molecule has 3 heterocycles. The number of carbonyl (C=O) groups excluding carboxylic acids is 2. The van der Waals surface area contributed by atoms with Gasteiger partial charge in [0.1, 0.15) is 5.56 Å². The molecule has 1 atom stereocenters. The number of imidazole rings is 1. The molecule has 1 aliphatic rings. The van der Waals surface area contributed by atoms with Gasteiger partial charge in [-0.25, -0.2) is 14.5 Å². The van der Waals surface area contributed by atoms with Crippen LogP contribution in [0.3, 0.4) is 0 Å². The molecule has 2 aromatic heterocycles. The summed E-state index contributed by atoms with van der Waals surface area (Å²) in [6.07, 6.45) is 3.22. The predicted octanol–water partition coefficient (Wildman–Crippen LogP) is 2.70. The van der Waals surface area contributed by atoms with Crippen LogP contribution in [0.15, 0.2) is 30.5 Å². The van der Waals surface area contributed by atoms with Gasteiger partial charge in [0.05, 0.1) is 42.1 Å². The molecule has 9 heteroatoms. The number of para-hydroxylation sites is 2. The summed E-state index contributed by atoms with van der Waals surface area (Å²) in [5.41, 5.74) is 2.79. The Bertz CT molecular complexity index is 1040. The summed E-state index contributed by atoms with van der Waals surface area (Å²) in [5.74, 6) is -0.213. The average molecular weight is 425 g/mol. The first-order valence-corrected chi connectivity index (χ1v) is 10.7. The van der Waals surface area contributed by atoms with Gasteiger partial charge in [-0.05, 0) is 45.4 Å². The average Bonchev–Trinajstić information content (AvgIpc) is 3.38. The Kier molecular flexibility index (Phi) is 6.31. The number of hydrogen-bond acceptors (Lipinski definition) is 7. The zero-order chi connectivity index (χ0) is 21.8. The van der Waals surface area contributed by atoms with Gasteiger partial charge in [0.25, 0.3) is 0 Å². The van der Waals surface area contributed by atoms with E-state index in [1.54, 1.807) is 11.6 Å². The van der Waals surface area contributed by atoms with Crippen molar-refractivity contribution < 1.29 is 19.1 Å². The van der Waals surface area contributed by atoms with Crippen LogP contribution in [0.25, 0.3) is 17.0 Å². The number of aromatic amines is 1. The van der Waals surface area contributed by atoms with E-state index in [2.05, 4.69) is 20.0 Å². The van der Waals surface area contributed by atoms with Gasteiger partial charge >= 0.3 is 11.9 Å². The van der Waals surface area contributed by atoms with Crippen LogP contribution in [0.1, 0.15) is 42.7 Å². The molecule has 0 spiro atoms. The van der Waals surface area contributed by atoms with Crippen LogP contribution in [0, 0.1) is 5.92 Å². The molecule has 0 saturated carbocycles. The SMILES string of the molecule is CCOC(=O)c1cnn(-c2nc3ccccc3[nH]2)c1CN1CCC[C@H](C(=O)OCC)C1. The van der Waals surface area contributed by atoms with Gasteiger partial charge < -0.3 is 14.5 Å². The second kappa shape index (κ2) is 9.30. The van der Waals surface area contributed by atoms with Crippen LogP contribution in [0.5, 0.6) is 0 Å². The molecule has 3 aromatic rings. The summed E-state index contributed by atoms with van der Waals surface area (Å²) in [5, 5.41) is 4.44. The van der Waals surface area contributed by atoms with E-state index in [9.17, 15) is 9.59 Å². The molecular weight excluding hydrogens is 398 g/mol. The molecule has 0 bridgehead atoms.